The fourth-order valence-electron chi connectivity index (χ4n) is 1.66. The molecule has 0 saturated carbocycles. The van der Waals surface area contributed by atoms with Crippen molar-refractivity contribution in [1.82, 2.24) is 0 Å². The Morgan fingerprint density at radius 1 is 1.11 bits per heavy atom. The summed E-state index contributed by atoms with van der Waals surface area (Å²) >= 11 is 5.81. The molecule has 0 heterocycles. The van der Waals surface area contributed by atoms with Gasteiger partial charge < -0.3 is 5.11 Å². The van der Waals surface area contributed by atoms with Gasteiger partial charge >= 0.3 is 5.97 Å². The summed E-state index contributed by atoms with van der Waals surface area (Å²) in [6.45, 7) is 0. The average Bonchev–Trinajstić information content (AvgIpc) is 2.35. The molecule has 0 aliphatic rings. The fourth-order valence-corrected chi connectivity index (χ4v) is 1.91. The van der Waals surface area contributed by atoms with Gasteiger partial charge in [-0.15, -0.1) is 0 Å². The second kappa shape index (κ2) is 4.74. The van der Waals surface area contributed by atoms with Gasteiger partial charge in [-0.25, -0.2) is 13.6 Å². The maximum absolute atomic E-state index is 13.7. The van der Waals surface area contributed by atoms with Gasteiger partial charge in [0.1, 0.15) is 0 Å². The lowest BCUT2D eigenvalue weighted by atomic mass is 9.99. The predicted octanol–water partition coefficient (Wildman–Crippen LogP) is 3.98. The highest BCUT2D eigenvalue weighted by molar-refractivity contribution is 6.33. The van der Waals surface area contributed by atoms with Crippen molar-refractivity contribution in [1.29, 1.82) is 0 Å². The average molecular weight is 269 g/mol. The zero-order chi connectivity index (χ0) is 13.3. The monoisotopic (exact) mass is 268 g/mol. The zero-order valence-electron chi connectivity index (χ0n) is 8.95. The summed E-state index contributed by atoms with van der Waals surface area (Å²) in [4.78, 5) is 11.0. The van der Waals surface area contributed by atoms with E-state index in [2.05, 4.69) is 0 Å². The number of halogens is 3. The van der Waals surface area contributed by atoms with Crippen LogP contribution in [0.15, 0.2) is 36.4 Å². The first kappa shape index (κ1) is 12.5. The van der Waals surface area contributed by atoms with Crippen molar-refractivity contribution in [2.75, 3.05) is 0 Å². The van der Waals surface area contributed by atoms with Gasteiger partial charge in [0.15, 0.2) is 11.6 Å². The minimum absolute atomic E-state index is 0.0393. The zero-order valence-corrected chi connectivity index (χ0v) is 9.71. The third-order valence-corrected chi connectivity index (χ3v) is 2.79. The Morgan fingerprint density at radius 3 is 2.44 bits per heavy atom. The normalized spacial score (nSPS) is 10.4. The van der Waals surface area contributed by atoms with Crippen molar-refractivity contribution in [3.05, 3.63) is 58.6 Å². The van der Waals surface area contributed by atoms with Gasteiger partial charge in [0.25, 0.3) is 0 Å². The van der Waals surface area contributed by atoms with Gasteiger partial charge in [0.2, 0.25) is 0 Å². The number of carboxylic acids is 1. The van der Waals surface area contributed by atoms with Crippen LogP contribution in [0.5, 0.6) is 0 Å². The molecule has 1 N–H and O–H groups in total. The van der Waals surface area contributed by atoms with Crippen molar-refractivity contribution >= 4 is 17.6 Å². The third kappa shape index (κ3) is 2.07. The highest BCUT2D eigenvalue weighted by Crippen LogP contribution is 2.34. The quantitative estimate of drug-likeness (QED) is 0.837. The van der Waals surface area contributed by atoms with Gasteiger partial charge in [-0.05, 0) is 18.2 Å². The molecule has 2 aromatic rings. The van der Waals surface area contributed by atoms with Crippen molar-refractivity contribution in [2.45, 2.75) is 0 Å². The first-order chi connectivity index (χ1) is 8.52. The number of carboxylic acid groups (broad SMARTS) is 1. The van der Waals surface area contributed by atoms with E-state index in [1.54, 1.807) is 0 Å². The fraction of sp³-hybridized carbons (Fsp3) is 0. The first-order valence-electron chi connectivity index (χ1n) is 4.98. The van der Waals surface area contributed by atoms with E-state index >= 15 is 0 Å². The summed E-state index contributed by atoms with van der Waals surface area (Å²) in [6, 6.07) is 7.80. The first-order valence-corrected chi connectivity index (χ1v) is 5.36. The molecule has 5 heteroatoms. The molecule has 0 aliphatic carbocycles. The molecular formula is C13H7ClF2O2. The molecule has 2 aromatic carbocycles. The van der Waals surface area contributed by atoms with Crippen LogP contribution < -0.4 is 0 Å². The third-order valence-electron chi connectivity index (χ3n) is 2.47. The number of aromatic carboxylic acids is 1. The Kier molecular flexibility index (Phi) is 3.30. The van der Waals surface area contributed by atoms with Crippen LogP contribution in [0, 0.1) is 11.6 Å². The Hall–Kier alpha value is -1.94. The van der Waals surface area contributed by atoms with E-state index in [0.717, 1.165) is 6.07 Å². The number of carbonyl (C=O) groups is 1. The minimum Gasteiger partial charge on any atom is -0.478 e. The lowest BCUT2D eigenvalue weighted by Gasteiger charge is -2.09. The van der Waals surface area contributed by atoms with Crippen molar-refractivity contribution in [3.8, 4) is 11.1 Å². The van der Waals surface area contributed by atoms with Crippen LogP contribution in [0.4, 0.5) is 8.78 Å². The van der Waals surface area contributed by atoms with Crippen LogP contribution in [0.1, 0.15) is 10.4 Å². The Balaban J connectivity index is 2.77. The van der Waals surface area contributed by atoms with Gasteiger partial charge in [-0.2, -0.15) is 0 Å². The van der Waals surface area contributed by atoms with E-state index in [-0.39, 0.29) is 21.7 Å². The molecule has 0 saturated heterocycles. The molecule has 2 rings (SSSR count). The largest absolute Gasteiger partial charge is 0.478 e. The predicted molar refractivity (Wildman–Crippen MR) is 63.8 cm³/mol. The van der Waals surface area contributed by atoms with Crippen molar-refractivity contribution < 1.29 is 18.7 Å². The Bertz CT molecular complexity index is 626. The van der Waals surface area contributed by atoms with Gasteiger partial charge in [-0.3, -0.25) is 0 Å². The molecule has 18 heavy (non-hydrogen) atoms. The Morgan fingerprint density at radius 2 is 1.78 bits per heavy atom. The van der Waals surface area contributed by atoms with Crippen LogP contribution in [0.2, 0.25) is 5.02 Å². The summed E-state index contributed by atoms with van der Waals surface area (Å²) in [5.74, 6) is -3.46. The summed E-state index contributed by atoms with van der Waals surface area (Å²) in [5, 5.41) is 8.98. The Labute approximate surface area is 106 Å². The smallest absolute Gasteiger partial charge is 0.336 e. The SMILES string of the molecule is O=C(O)c1ccccc1-c1c(Cl)ccc(F)c1F. The second-order valence-corrected chi connectivity index (χ2v) is 3.98. The molecule has 0 amide bonds. The summed E-state index contributed by atoms with van der Waals surface area (Å²) in [5.41, 5.74) is -0.328. The molecule has 0 atom stereocenters. The molecule has 0 fully saturated rings. The molecular weight excluding hydrogens is 262 g/mol. The summed E-state index contributed by atoms with van der Waals surface area (Å²) in [7, 11) is 0. The molecule has 0 spiro atoms. The highest BCUT2D eigenvalue weighted by Gasteiger charge is 2.19. The van der Waals surface area contributed by atoms with Gasteiger partial charge in [0, 0.05) is 11.1 Å². The molecule has 0 unspecified atom stereocenters. The highest BCUT2D eigenvalue weighted by atomic mass is 35.5. The summed E-state index contributed by atoms with van der Waals surface area (Å²) in [6.07, 6.45) is 0. The minimum atomic E-state index is -1.23. The van der Waals surface area contributed by atoms with E-state index < -0.39 is 17.6 Å². The number of hydrogen-bond donors (Lipinski definition) is 1. The second-order valence-electron chi connectivity index (χ2n) is 3.57. The van der Waals surface area contributed by atoms with E-state index in [0.29, 0.717) is 0 Å². The molecule has 0 bridgehead atoms. The maximum atomic E-state index is 13.7. The molecule has 0 radical (unpaired) electrons. The van der Waals surface area contributed by atoms with Crippen LogP contribution in [0.25, 0.3) is 11.1 Å². The molecule has 92 valence electrons. The van der Waals surface area contributed by atoms with Crippen molar-refractivity contribution in [3.63, 3.8) is 0 Å². The van der Waals surface area contributed by atoms with Crippen LogP contribution in [-0.2, 0) is 0 Å². The van der Waals surface area contributed by atoms with E-state index in [1.807, 2.05) is 0 Å². The topological polar surface area (TPSA) is 37.3 Å². The summed E-state index contributed by atoms with van der Waals surface area (Å²) < 4.78 is 26.9. The molecule has 0 aromatic heterocycles. The lowest BCUT2D eigenvalue weighted by molar-refractivity contribution is 0.0697. The van der Waals surface area contributed by atoms with Gasteiger partial charge in [0.05, 0.1) is 10.6 Å². The van der Waals surface area contributed by atoms with E-state index in [1.165, 1.54) is 30.3 Å². The lowest BCUT2D eigenvalue weighted by Crippen LogP contribution is -2.01. The van der Waals surface area contributed by atoms with Gasteiger partial charge in [-0.1, -0.05) is 29.8 Å². The molecule has 0 aliphatic heterocycles. The molecule has 2 nitrogen and oxygen atoms in total. The number of rotatable bonds is 2. The van der Waals surface area contributed by atoms with Crippen molar-refractivity contribution in [2.24, 2.45) is 0 Å². The van der Waals surface area contributed by atoms with Crippen LogP contribution in [0.3, 0.4) is 0 Å². The van der Waals surface area contributed by atoms with E-state index in [9.17, 15) is 13.6 Å². The number of hydrogen-bond acceptors (Lipinski definition) is 1. The standard InChI is InChI=1S/C13H7ClF2O2/c14-9-5-6-10(15)12(16)11(9)7-3-1-2-4-8(7)13(17)18/h1-6H,(H,17,18). The maximum Gasteiger partial charge on any atom is 0.336 e. The van der Waals surface area contributed by atoms with Crippen LogP contribution in [-0.4, -0.2) is 11.1 Å². The number of benzene rings is 2. The van der Waals surface area contributed by atoms with E-state index in [4.69, 9.17) is 16.7 Å². The van der Waals surface area contributed by atoms with Crippen LogP contribution >= 0.6 is 11.6 Å².